The maximum absolute atomic E-state index is 12.7. The van der Waals surface area contributed by atoms with Crippen molar-refractivity contribution >= 4 is 33.2 Å². The van der Waals surface area contributed by atoms with Crippen LogP contribution in [-0.4, -0.2) is 26.9 Å². The molecule has 1 amide bonds. The molecule has 0 radical (unpaired) electrons. The molecule has 0 aromatic heterocycles. The Bertz CT molecular complexity index is 875. The van der Waals surface area contributed by atoms with Crippen molar-refractivity contribution in [1.29, 1.82) is 0 Å². The van der Waals surface area contributed by atoms with E-state index in [9.17, 15) is 13.2 Å². The largest absolute Gasteiger partial charge is 0.347 e. The van der Waals surface area contributed by atoms with Gasteiger partial charge < -0.3 is 5.32 Å². The van der Waals surface area contributed by atoms with Crippen molar-refractivity contribution < 1.29 is 13.2 Å². The highest BCUT2D eigenvalue weighted by molar-refractivity contribution is 7.92. The molecule has 0 unspecified atom stereocenters. The molecule has 0 bridgehead atoms. The fourth-order valence-electron chi connectivity index (χ4n) is 2.18. The van der Waals surface area contributed by atoms with Crippen molar-refractivity contribution in [1.82, 2.24) is 5.32 Å². The second-order valence-corrected chi connectivity index (χ2v) is 9.03. The summed E-state index contributed by atoms with van der Waals surface area (Å²) in [5.74, 6) is -0.357. The van der Waals surface area contributed by atoms with E-state index in [1.807, 2.05) is 20.8 Å². The van der Waals surface area contributed by atoms with Crippen LogP contribution < -0.4 is 9.62 Å². The molecule has 0 saturated carbocycles. The lowest BCUT2D eigenvalue weighted by Gasteiger charge is -2.23. The number of anilines is 1. The molecule has 0 heterocycles. The Hall–Kier alpha value is -2.05. The number of nitrogens with zero attached hydrogens (tertiary/aromatic N) is 1. The Morgan fingerprint density at radius 2 is 1.68 bits per heavy atom. The molecule has 2 rings (SSSR count). The highest BCUT2D eigenvalue weighted by Crippen LogP contribution is 2.27. The van der Waals surface area contributed by atoms with Crippen LogP contribution in [0.4, 0.5) is 5.69 Å². The average Bonchev–Trinajstić information content (AvgIpc) is 2.53. The van der Waals surface area contributed by atoms with Crippen LogP contribution in [0.25, 0.3) is 0 Å². The summed E-state index contributed by atoms with van der Waals surface area (Å²) in [5.41, 5.74) is 0.148. The highest BCUT2D eigenvalue weighted by atomic mass is 35.5. The van der Waals surface area contributed by atoms with Crippen LogP contribution in [-0.2, 0) is 10.0 Å². The number of hydrogen-bond donors (Lipinski definition) is 1. The van der Waals surface area contributed by atoms with Gasteiger partial charge in [-0.1, -0.05) is 29.8 Å². The smallest absolute Gasteiger partial charge is 0.264 e. The fourth-order valence-corrected chi connectivity index (χ4v) is 3.59. The minimum Gasteiger partial charge on any atom is -0.347 e. The molecule has 7 heteroatoms. The standard InChI is InChI=1S/C18H21ClN2O3S/c1-18(2,3)20-17(22)15-12-13(10-11-16(15)19)21(4)25(23,24)14-8-6-5-7-9-14/h5-12H,1-4H3,(H,20,22). The number of sulfonamides is 1. The maximum atomic E-state index is 12.7. The van der Waals surface area contributed by atoms with E-state index in [2.05, 4.69) is 5.32 Å². The van der Waals surface area contributed by atoms with Crippen molar-refractivity contribution in [2.45, 2.75) is 31.2 Å². The second-order valence-electron chi connectivity index (χ2n) is 6.65. The molecule has 0 spiro atoms. The fraction of sp³-hybridized carbons (Fsp3) is 0.278. The zero-order valence-electron chi connectivity index (χ0n) is 14.6. The van der Waals surface area contributed by atoms with Crippen molar-refractivity contribution in [3.05, 3.63) is 59.1 Å². The predicted molar refractivity (Wildman–Crippen MR) is 101 cm³/mol. The average molecular weight is 381 g/mol. The molecular weight excluding hydrogens is 360 g/mol. The third kappa shape index (κ3) is 4.52. The van der Waals surface area contributed by atoms with Crippen LogP contribution in [0.3, 0.4) is 0 Å². The van der Waals surface area contributed by atoms with Crippen molar-refractivity contribution in [3.8, 4) is 0 Å². The van der Waals surface area contributed by atoms with Crippen LogP contribution in [0.15, 0.2) is 53.4 Å². The molecule has 0 aliphatic heterocycles. The summed E-state index contributed by atoms with van der Waals surface area (Å²) in [6.45, 7) is 5.57. The number of benzene rings is 2. The number of carbonyl (C=O) groups is 1. The van der Waals surface area contributed by atoms with Crippen molar-refractivity contribution in [2.75, 3.05) is 11.4 Å². The first-order valence-electron chi connectivity index (χ1n) is 7.68. The van der Waals surface area contributed by atoms with Crippen LogP contribution in [0, 0.1) is 0 Å². The van der Waals surface area contributed by atoms with Gasteiger partial charge in [-0.2, -0.15) is 0 Å². The zero-order chi connectivity index (χ0) is 18.8. The molecule has 0 aliphatic carbocycles. The monoisotopic (exact) mass is 380 g/mol. The van der Waals surface area contributed by atoms with Gasteiger partial charge in [0.15, 0.2) is 0 Å². The van der Waals surface area contributed by atoms with E-state index < -0.39 is 15.6 Å². The summed E-state index contributed by atoms with van der Waals surface area (Å²) in [6.07, 6.45) is 0. The molecule has 0 fully saturated rings. The van der Waals surface area contributed by atoms with E-state index in [1.165, 1.54) is 31.3 Å². The highest BCUT2D eigenvalue weighted by Gasteiger charge is 2.23. The molecule has 5 nitrogen and oxygen atoms in total. The van der Waals surface area contributed by atoms with E-state index in [-0.39, 0.29) is 21.4 Å². The number of nitrogens with one attached hydrogen (secondary N) is 1. The van der Waals surface area contributed by atoms with Crippen LogP contribution >= 0.6 is 11.6 Å². The van der Waals surface area contributed by atoms with Gasteiger partial charge in [0.25, 0.3) is 15.9 Å². The second kappa shape index (κ2) is 7.06. The molecule has 2 aromatic rings. The van der Waals surface area contributed by atoms with E-state index in [1.54, 1.807) is 24.3 Å². The number of hydrogen-bond acceptors (Lipinski definition) is 3. The van der Waals surface area contributed by atoms with Crippen LogP contribution in [0.2, 0.25) is 5.02 Å². The Balaban J connectivity index is 2.41. The van der Waals surface area contributed by atoms with E-state index in [0.29, 0.717) is 5.69 Å². The first kappa shape index (κ1) is 19.3. The van der Waals surface area contributed by atoms with E-state index >= 15 is 0 Å². The number of amides is 1. The normalized spacial score (nSPS) is 11.9. The summed E-state index contributed by atoms with van der Waals surface area (Å²) in [6, 6.07) is 12.7. The lowest BCUT2D eigenvalue weighted by Crippen LogP contribution is -2.40. The molecule has 1 N–H and O–H groups in total. The topological polar surface area (TPSA) is 66.5 Å². The molecule has 0 atom stereocenters. The zero-order valence-corrected chi connectivity index (χ0v) is 16.1. The quantitative estimate of drug-likeness (QED) is 0.879. The minimum absolute atomic E-state index is 0.174. The summed E-state index contributed by atoms with van der Waals surface area (Å²) in [4.78, 5) is 12.6. The van der Waals surface area contributed by atoms with Crippen LogP contribution in [0.5, 0.6) is 0 Å². The number of carbonyl (C=O) groups excluding carboxylic acids is 1. The van der Waals surface area contributed by atoms with Crippen LogP contribution in [0.1, 0.15) is 31.1 Å². The minimum atomic E-state index is -3.72. The summed E-state index contributed by atoms with van der Waals surface area (Å²) < 4.78 is 26.6. The molecule has 2 aromatic carbocycles. The van der Waals surface area contributed by atoms with Gasteiger partial charge in [0.05, 0.1) is 21.2 Å². The predicted octanol–water partition coefficient (Wildman–Crippen LogP) is 3.69. The molecule has 0 saturated heterocycles. The Morgan fingerprint density at radius 1 is 1.08 bits per heavy atom. The third-order valence-electron chi connectivity index (χ3n) is 3.45. The Kier molecular flexibility index (Phi) is 5.44. The SMILES string of the molecule is CN(c1ccc(Cl)c(C(=O)NC(C)(C)C)c1)S(=O)(=O)c1ccccc1. The Morgan fingerprint density at radius 3 is 2.24 bits per heavy atom. The maximum Gasteiger partial charge on any atom is 0.264 e. The lowest BCUT2D eigenvalue weighted by molar-refractivity contribution is 0.0919. The first-order chi connectivity index (χ1) is 11.5. The summed E-state index contributed by atoms with van der Waals surface area (Å²) in [7, 11) is -2.28. The van der Waals surface area contributed by atoms with Gasteiger partial charge >= 0.3 is 0 Å². The van der Waals surface area contributed by atoms with Gasteiger partial charge in [-0.25, -0.2) is 8.42 Å². The van der Waals surface area contributed by atoms with Gasteiger partial charge in [-0.05, 0) is 51.1 Å². The van der Waals surface area contributed by atoms with Gasteiger partial charge in [-0.3, -0.25) is 9.10 Å². The molecular formula is C18H21ClN2O3S. The van der Waals surface area contributed by atoms with Gasteiger partial charge in [0, 0.05) is 12.6 Å². The molecule has 0 aliphatic rings. The number of rotatable bonds is 4. The van der Waals surface area contributed by atoms with E-state index in [0.717, 1.165) is 4.31 Å². The first-order valence-corrected chi connectivity index (χ1v) is 9.50. The van der Waals surface area contributed by atoms with Gasteiger partial charge in [0.1, 0.15) is 0 Å². The van der Waals surface area contributed by atoms with Crippen molar-refractivity contribution in [2.24, 2.45) is 0 Å². The summed E-state index contributed by atoms with van der Waals surface area (Å²) >= 11 is 6.13. The lowest BCUT2D eigenvalue weighted by atomic mass is 10.1. The number of halogens is 1. The Labute approximate surface area is 153 Å². The van der Waals surface area contributed by atoms with Gasteiger partial charge in [0.2, 0.25) is 0 Å². The molecule has 134 valence electrons. The third-order valence-corrected chi connectivity index (χ3v) is 5.58. The van der Waals surface area contributed by atoms with Gasteiger partial charge in [-0.15, -0.1) is 0 Å². The molecule has 25 heavy (non-hydrogen) atoms. The summed E-state index contributed by atoms with van der Waals surface area (Å²) in [5, 5.41) is 3.08. The van der Waals surface area contributed by atoms with E-state index in [4.69, 9.17) is 11.6 Å². The van der Waals surface area contributed by atoms with Crippen molar-refractivity contribution in [3.63, 3.8) is 0 Å².